The maximum Gasteiger partial charge on any atom is 0.273 e. The highest BCUT2D eigenvalue weighted by Gasteiger charge is 2.16. The molecule has 0 atom stereocenters. The summed E-state index contributed by atoms with van der Waals surface area (Å²) in [5.41, 5.74) is 0.709. The minimum absolute atomic E-state index is 0.0906. The van der Waals surface area contributed by atoms with Crippen molar-refractivity contribution in [1.29, 1.82) is 0 Å². The normalized spacial score (nSPS) is 10.4. The van der Waals surface area contributed by atoms with Gasteiger partial charge in [-0.2, -0.15) is 0 Å². The first-order chi connectivity index (χ1) is 8.58. The van der Waals surface area contributed by atoms with Crippen LogP contribution in [-0.4, -0.2) is 35.9 Å². The van der Waals surface area contributed by atoms with Crippen molar-refractivity contribution < 1.29 is 9.72 Å². The lowest BCUT2D eigenvalue weighted by Crippen LogP contribution is -2.35. The molecule has 0 aliphatic heterocycles. The first-order valence-corrected chi connectivity index (χ1v) is 5.73. The molecule has 0 heterocycles. The van der Waals surface area contributed by atoms with Crippen LogP contribution in [0.25, 0.3) is 0 Å². The molecule has 0 radical (unpaired) electrons. The highest BCUT2D eigenvalue weighted by Crippen LogP contribution is 2.19. The molecule has 1 rings (SSSR count). The summed E-state index contributed by atoms with van der Waals surface area (Å²) in [6.07, 6.45) is 0. The number of amides is 1. The molecule has 0 saturated carbocycles. The van der Waals surface area contributed by atoms with E-state index in [9.17, 15) is 14.9 Å². The second-order valence-corrected chi connectivity index (χ2v) is 3.86. The van der Waals surface area contributed by atoms with Crippen molar-refractivity contribution in [2.45, 2.75) is 13.5 Å². The lowest BCUT2D eigenvalue weighted by molar-refractivity contribution is -0.385. The zero-order valence-corrected chi connectivity index (χ0v) is 10.5. The fourth-order valence-corrected chi connectivity index (χ4v) is 1.63. The van der Waals surface area contributed by atoms with Crippen LogP contribution in [0, 0.1) is 10.1 Å². The Labute approximate surface area is 106 Å². The monoisotopic (exact) mass is 251 g/mol. The van der Waals surface area contributed by atoms with Crippen LogP contribution < -0.4 is 5.32 Å². The van der Waals surface area contributed by atoms with Crippen molar-refractivity contribution in [3.63, 3.8) is 0 Å². The molecule has 1 amide bonds. The van der Waals surface area contributed by atoms with Gasteiger partial charge in [0.15, 0.2) is 0 Å². The van der Waals surface area contributed by atoms with Crippen LogP contribution in [0.15, 0.2) is 24.3 Å². The predicted octanol–water partition coefficient (Wildman–Crippen LogP) is 1.16. The number of para-hydroxylation sites is 1. The maximum absolute atomic E-state index is 11.3. The second kappa shape index (κ2) is 6.70. The lowest BCUT2D eigenvalue weighted by Gasteiger charge is -2.19. The van der Waals surface area contributed by atoms with Crippen molar-refractivity contribution in [3.05, 3.63) is 39.9 Å². The third-order valence-electron chi connectivity index (χ3n) is 2.68. The highest BCUT2D eigenvalue weighted by atomic mass is 16.6. The van der Waals surface area contributed by atoms with E-state index in [0.29, 0.717) is 18.7 Å². The van der Waals surface area contributed by atoms with E-state index in [2.05, 4.69) is 5.32 Å². The molecular formula is C12H17N3O3. The van der Waals surface area contributed by atoms with Gasteiger partial charge in [0.2, 0.25) is 5.91 Å². The minimum Gasteiger partial charge on any atom is -0.358 e. The van der Waals surface area contributed by atoms with Crippen LogP contribution in [0.3, 0.4) is 0 Å². The highest BCUT2D eigenvalue weighted by molar-refractivity contribution is 5.77. The summed E-state index contributed by atoms with van der Waals surface area (Å²) in [5, 5.41) is 13.4. The topological polar surface area (TPSA) is 75.5 Å². The summed E-state index contributed by atoms with van der Waals surface area (Å²) >= 11 is 0. The number of nitro benzene ring substituents is 1. The Balaban J connectivity index is 2.81. The van der Waals surface area contributed by atoms with Crippen LogP contribution in [-0.2, 0) is 11.3 Å². The standard InChI is InChI=1S/C12H17N3O3/c1-3-14(9-12(16)13-2)8-10-6-4-5-7-11(10)15(17)18/h4-7H,3,8-9H2,1-2H3,(H,13,16). The summed E-state index contributed by atoms with van der Waals surface area (Å²) in [6.45, 7) is 3.19. The number of likely N-dealkylation sites (N-methyl/N-ethyl adjacent to an activating group) is 2. The van der Waals surface area contributed by atoms with Gasteiger partial charge < -0.3 is 5.32 Å². The molecule has 6 nitrogen and oxygen atoms in total. The SMILES string of the molecule is CCN(CC(=O)NC)Cc1ccccc1[N+](=O)[O-]. The molecule has 0 bridgehead atoms. The van der Waals surface area contributed by atoms with Crippen LogP contribution in [0.4, 0.5) is 5.69 Å². The van der Waals surface area contributed by atoms with E-state index in [1.165, 1.54) is 6.07 Å². The summed E-state index contributed by atoms with van der Waals surface area (Å²) in [7, 11) is 1.57. The van der Waals surface area contributed by atoms with Crippen molar-refractivity contribution in [1.82, 2.24) is 10.2 Å². The molecule has 0 saturated heterocycles. The molecular weight excluding hydrogens is 234 g/mol. The maximum atomic E-state index is 11.3. The average molecular weight is 251 g/mol. The van der Waals surface area contributed by atoms with Gasteiger partial charge in [-0.25, -0.2) is 0 Å². The van der Waals surface area contributed by atoms with E-state index in [4.69, 9.17) is 0 Å². The number of carbonyl (C=O) groups excluding carboxylic acids is 1. The van der Waals surface area contributed by atoms with E-state index in [-0.39, 0.29) is 18.1 Å². The Hall–Kier alpha value is -1.95. The van der Waals surface area contributed by atoms with Gasteiger partial charge in [0.1, 0.15) is 0 Å². The average Bonchev–Trinajstić information content (AvgIpc) is 2.38. The Morgan fingerprint density at radius 3 is 2.67 bits per heavy atom. The fraction of sp³-hybridized carbons (Fsp3) is 0.417. The Morgan fingerprint density at radius 2 is 2.11 bits per heavy atom. The molecule has 1 N–H and O–H groups in total. The third kappa shape index (κ3) is 3.81. The quantitative estimate of drug-likeness (QED) is 0.608. The van der Waals surface area contributed by atoms with Crippen LogP contribution >= 0.6 is 0 Å². The van der Waals surface area contributed by atoms with E-state index in [1.54, 1.807) is 25.2 Å². The number of benzene rings is 1. The van der Waals surface area contributed by atoms with Gasteiger partial charge in [-0.1, -0.05) is 25.1 Å². The fourth-order valence-electron chi connectivity index (χ4n) is 1.63. The number of nitrogens with one attached hydrogen (secondary N) is 1. The molecule has 1 aromatic carbocycles. The number of nitrogens with zero attached hydrogens (tertiary/aromatic N) is 2. The van der Waals surface area contributed by atoms with E-state index in [0.717, 1.165) is 0 Å². The van der Waals surface area contributed by atoms with Crippen LogP contribution in [0.1, 0.15) is 12.5 Å². The van der Waals surface area contributed by atoms with Gasteiger partial charge in [0.25, 0.3) is 5.69 Å². The Morgan fingerprint density at radius 1 is 1.44 bits per heavy atom. The molecule has 0 aliphatic carbocycles. The van der Waals surface area contributed by atoms with E-state index < -0.39 is 4.92 Å². The molecule has 0 fully saturated rings. The number of carbonyl (C=O) groups is 1. The Bertz CT molecular complexity index is 434. The van der Waals surface area contributed by atoms with Crippen molar-refractivity contribution in [2.75, 3.05) is 20.1 Å². The molecule has 6 heteroatoms. The summed E-state index contributed by atoms with van der Waals surface area (Å²) in [5.74, 6) is -0.101. The number of rotatable bonds is 6. The van der Waals surface area contributed by atoms with Gasteiger partial charge in [-0.15, -0.1) is 0 Å². The smallest absolute Gasteiger partial charge is 0.273 e. The molecule has 0 unspecified atom stereocenters. The van der Waals surface area contributed by atoms with E-state index in [1.807, 2.05) is 11.8 Å². The first-order valence-electron chi connectivity index (χ1n) is 5.73. The summed E-state index contributed by atoms with van der Waals surface area (Å²) in [6, 6.07) is 6.58. The molecule has 0 spiro atoms. The second-order valence-electron chi connectivity index (χ2n) is 3.86. The Kier molecular flexibility index (Phi) is 5.26. The summed E-state index contributed by atoms with van der Waals surface area (Å²) in [4.78, 5) is 23.6. The lowest BCUT2D eigenvalue weighted by atomic mass is 10.1. The largest absolute Gasteiger partial charge is 0.358 e. The van der Waals surface area contributed by atoms with Gasteiger partial charge in [0, 0.05) is 25.2 Å². The zero-order chi connectivity index (χ0) is 13.5. The molecule has 98 valence electrons. The zero-order valence-electron chi connectivity index (χ0n) is 10.5. The number of hydrogen-bond donors (Lipinski definition) is 1. The number of nitro groups is 1. The van der Waals surface area contributed by atoms with Crippen molar-refractivity contribution >= 4 is 11.6 Å². The molecule has 1 aromatic rings. The van der Waals surface area contributed by atoms with Gasteiger partial charge in [-0.05, 0) is 6.54 Å². The van der Waals surface area contributed by atoms with Crippen molar-refractivity contribution in [2.24, 2.45) is 0 Å². The molecule has 0 aromatic heterocycles. The molecule has 0 aliphatic rings. The predicted molar refractivity (Wildman–Crippen MR) is 68.1 cm³/mol. The first kappa shape index (κ1) is 14.1. The van der Waals surface area contributed by atoms with Gasteiger partial charge in [0.05, 0.1) is 11.5 Å². The van der Waals surface area contributed by atoms with Crippen LogP contribution in [0.2, 0.25) is 0 Å². The number of hydrogen-bond acceptors (Lipinski definition) is 4. The minimum atomic E-state index is -0.400. The van der Waals surface area contributed by atoms with Crippen LogP contribution in [0.5, 0.6) is 0 Å². The van der Waals surface area contributed by atoms with Gasteiger partial charge in [-0.3, -0.25) is 19.8 Å². The molecule has 18 heavy (non-hydrogen) atoms. The van der Waals surface area contributed by atoms with Crippen molar-refractivity contribution in [3.8, 4) is 0 Å². The third-order valence-corrected chi connectivity index (χ3v) is 2.68. The van der Waals surface area contributed by atoms with Gasteiger partial charge >= 0.3 is 0 Å². The van der Waals surface area contributed by atoms with E-state index >= 15 is 0 Å². The summed E-state index contributed by atoms with van der Waals surface area (Å²) < 4.78 is 0.